The van der Waals surface area contributed by atoms with Crippen LogP contribution in [0.25, 0.3) is 0 Å². The summed E-state index contributed by atoms with van der Waals surface area (Å²) in [5.74, 6) is 0.0264. The summed E-state index contributed by atoms with van der Waals surface area (Å²) in [5.41, 5.74) is 0.763. The van der Waals surface area contributed by atoms with Crippen molar-refractivity contribution in [1.29, 1.82) is 0 Å². The Morgan fingerprint density at radius 2 is 2.30 bits per heavy atom. The van der Waals surface area contributed by atoms with Gasteiger partial charge in [-0.05, 0) is 25.8 Å². The van der Waals surface area contributed by atoms with E-state index in [0.29, 0.717) is 30.2 Å². The van der Waals surface area contributed by atoms with Crippen molar-refractivity contribution in [3.8, 4) is 0 Å². The van der Waals surface area contributed by atoms with E-state index in [1.807, 2.05) is 6.92 Å². The molecular weight excluding hydrogens is 322 g/mol. The van der Waals surface area contributed by atoms with Crippen molar-refractivity contribution in [2.45, 2.75) is 30.6 Å². The Labute approximate surface area is 126 Å². The Morgan fingerprint density at radius 3 is 2.80 bits per heavy atom. The first-order chi connectivity index (χ1) is 9.30. The number of hydrogen-bond donors (Lipinski definition) is 1. The summed E-state index contributed by atoms with van der Waals surface area (Å²) in [6.45, 7) is 4.81. The smallest absolute Gasteiger partial charge is 0.271 e. The molecule has 2 unspecified atom stereocenters. The quantitative estimate of drug-likeness (QED) is 0.854. The van der Waals surface area contributed by atoms with E-state index in [0.717, 1.165) is 17.8 Å². The SMILES string of the molecule is Cc1c(C(=O)NCC2CCOC2C)csc1S(=O)(=O)Cl. The number of ether oxygens (including phenoxy) is 1. The van der Waals surface area contributed by atoms with Gasteiger partial charge in [0.25, 0.3) is 15.0 Å². The molecule has 2 atom stereocenters. The van der Waals surface area contributed by atoms with Gasteiger partial charge < -0.3 is 10.1 Å². The highest BCUT2D eigenvalue weighted by Crippen LogP contribution is 2.29. The second-order valence-electron chi connectivity index (χ2n) is 4.83. The predicted molar refractivity (Wildman–Crippen MR) is 77.9 cm³/mol. The fourth-order valence-corrected chi connectivity index (χ4v) is 4.78. The number of hydrogen-bond acceptors (Lipinski definition) is 5. The zero-order valence-electron chi connectivity index (χ0n) is 11.2. The molecule has 1 aliphatic rings. The van der Waals surface area contributed by atoms with E-state index >= 15 is 0 Å². The molecule has 0 bridgehead atoms. The minimum atomic E-state index is -3.79. The van der Waals surface area contributed by atoms with Gasteiger partial charge in [-0.2, -0.15) is 0 Å². The molecule has 1 aromatic rings. The molecule has 1 N–H and O–H groups in total. The monoisotopic (exact) mass is 337 g/mol. The molecule has 2 heterocycles. The minimum absolute atomic E-state index is 0.0295. The maximum atomic E-state index is 12.1. The van der Waals surface area contributed by atoms with Crippen molar-refractivity contribution >= 4 is 37.0 Å². The Hall–Kier alpha value is -0.630. The molecule has 1 aliphatic heterocycles. The average Bonchev–Trinajstić information content (AvgIpc) is 2.92. The lowest BCUT2D eigenvalue weighted by Crippen LogP contribution is -2.32. The number of nitrogens with one attached hydrogen (secondary N) is 1. The third-order valence-electron chi connectivity index (χ3n) is 3.52. The highest BCUT2D eigenvalue weighted by atomic mass is 35.7. The lowest BCUT2D eigenvalue weighted by atomic mass is 10.0. The molecule has 1 saturated heterocycles. The number of rotatable bonds is 4. The van der Waals surface area contributed by atoms with Crippen LogP contribution in [0.5, 0.6) is 0 Å². The lowest BCUT2D eigenvalue weighted by molar-refractivity contribution is 0.0907. The lowest BCUT2D eigenvalue weighted by Gasteiger charge is -2.14. The van der Waals surface area contributed by atoms with Gasteiger partial charge in [-0.1, -0.05) is 0 Å². The second-order valence-corrected chi connectivity index (χ2v) is 8.48. The zero-order valence-corrected chi connectivity index (χ0v) is 13.6. The van der Waals surface area contributed by atoms with Crippen LogP contribution in [0.2, 0.25) is 0 Å². The van der Waals surface area contributed by atoms with E-state index < -0.39 is 9.05 Å². The standard InChI is InChI=1S/C12H16ClNO4S2/c1-7-10(6-19-12(7)20(13,16)17)11(15)14-5-9-3-4-18-8(9)2/h6,8-9H,3-5H2,1-2H3,(H,14,15). The van der Waals surface area contributed by atoms with E-state index in [9.17, 15) is 13.2 Å². The highest BCUT2D eigenvalue weighted by Gasteiger charge is 2.26. The van der Waals surface area contributed by atoms with Gasteiger partial charge in [0.2, 0.25) is 0 Å². The van der Waals surface area contributed by atoms with Crippen LogP contribution < -0.4 is 5.32 Å². The van der Waals surface area contributed by atoms with E-state index in [4.69, 9.17) is 15.4 Å². The van der Waals surface area contributed by atoms with Gasteiger partial charge in [-0.15, -0.1) is 11.3 Å². The van der Waals surface area contributed by atoms with E-state index in [-0.39, 0.29) is 16.2 Å². The number of carbonyl (C=O) groups is 1. The van der Waals surface area contributed by atoms with E-state index in [2.05, 4.69) is 5.32 Å². The molecule has 1 fully saturated rings. The number of thiophene rings is 1. The van der Waals surface area contributed by atoms with E-state index in [1.54, 1.807) is 6.92 Å². The largest absolute Gasteiger partial charge is 0.378 e. The molecule has 2 rings (SSSR count). The molecule has 20 heavy (non-hydrogen) atoms. The van der Waals surface area contributed by atoms with Gasteiger partial charge in [0.15, 0.2) is 0 Å². The number of carbonyl (C=O) groups excluding carboxylic acids is 1. The van der Waals surface area contributed by atoms with Crippen molar-refractivity contribution in [2.75, 3.05) is 13.2 Å². The van der Waals surface area contributed by atoms with Gasteiger partial charge in [-0.3, -0.25) is 4.79 Å². The molecule has 0 aromatic carbocycles. The van der Waals surface area contributed by atoms with Gasteiger partial charge in [0.05, 0.1) is 11.7 Å². The molecule has 1 amide bonds. The second kappa shape index (κ2) is 6.01. The fourth-order valence-electron chi connectivity index (χ4n) is 2.23. The van der Waals surface area contributed by atoms with Crippen LogP contribution >= 0.6 is 22.0 Å². The van der Waals surface area contributed by atoms with Crippen molar-refractivity contribution in [3.05, 3.63) is 16.5 Å². The van der Waals surface area contributed by atoms with Crippen LogP contribution in [0.15, 0.2) is 9.59 Å². The van der Waals surface area contributed by atoms with Gasteiger partial charge in [-0.25, -0.2) is 8.42 Å². The van der Waals surface area contributed by atoms with Gasteiger partial charge in [0, 0.05) is 35.1 Å². The topological polar surface area (TPSA) is 72.5 Å². The van der Waals surface area contributed by atoms with Crippen LogP contribution in [0, 0.1) is 12.8 Å². The highest BCUT2D eigenvalue weighted by molar-refractivity contribution is 8.15. The molecule has 5 nitrogen and oxygen atoms in total. The summed E-state index contributed by atoms with van der Waals surface area (Å²) >= 11 is 0.965. The van der Waals surface area contributed by atoms with Crippen LogP contribution in [0.4, 0.5) is 0 Å². The third kappa shape index (κ3) is 3.33. The summed E-state index contributed by atoms with van der Waals surface area (Å²) in [7, 11) is 1.52. The Kier molecular flexibility index (Phi) is 4.73. The first kappa shape index (κ1) is 15.8. The fraction of sp³-hybridized carbons (Fsp3) is 0.583. The number of amides is 1. The molecule has 0 radical (unpaired) electrons. The van der Waals surface area contributed by atoms with Crippen LogP contribution in [0.1, 0.15) is 29.3 Å². The van der Waals surface area contributed by atoms with Crippen LogP contribution in [0.3, 0.4) is 0 Å². The summed E-state index contributed by atoms with van der Waals surface area (Å²) in [6.07, 6.45) is 1.06. The van der Waals surface area contributed by atoms with Crippen LogP contribution in [-0.4, -0.2) is 33.6 Å². The molecule has 0 aliphatic carbocycles. The van der Waals surface area contributed by atoms with Crippen molar-refractivity contribution < 1.29 is 17.9 Å². The van der Waals surface area contributed by atoms with Gasteiger partial charge >= 0.3 is 0 Å². The first-order valence-corrected chi connectivity index (χ1v) is 9.42. The molecule has 1 aromatic heterocycles. The summed E-state index contributed by atoms with van der Waals surface area (Å²) in [4.78, 5) is 12.1. The van der Waals surface area contributed by atoms with E-state index in [1.165, 1.54) is 5.38 Å². The average molecular weight is 338 g/mol. The maximum absolute atomic E-state index is 12.1. The molecule has 8 heteroatoms. The van der Waals surface area contributed by atoms with Crippen molar-refractivity contribution in [2.24, 2.45) is 5.92 Å². The minimum Gasteiger partial charge on any atom is -0.378 e. The Morgan fingerprint density at radius 1 is 1.60 bits per heavy atom. The first-order valence-electron chi connectivity index (χ1n) is 6.23. The molecule has 0 saturated carbocycles. The Balaban J connectivity index is 2.05. The zero-order chi connectivity index (χ0) is 14.9. The summed E-state index contributed by atoms with van der Waals surface area (Å²) in [5, 5.41) is 4.35. The van der Waals surface area contributed by atoms with Crippen LogP contribution in [-0.2, 0) is 13.8 Å². The van der Waals surface area contributed by atoms with Gasteiger partial charge in [0.1, 0.15) is 4.21 Å². The van der Waals surface area contributed by atoms with Crippen molar-refractivity contribution in [1.82, 2.24) is 5.32 Å². The molecule has 0 spiro atoms. The molecule has 112 valence electrons. The Bertz CT molecular complexity index is 611. The normalized spacial score (nSPS) is 22.9. The summed E-state index contributed by atoms with van der Waals surface area (Å²) < 4.78 is 28.1. The number of halogens is 1. The third-order valence-corrected chi connectivity index (χ3v) is 6.83. The summed E-state index contributed by atoms with van der Waals surface area (Å²) in [6, 6.07) is 0. The molecular formula is C12H16ClNO4S2. The maximum Gasteiger partial charge on any atom is 0.271 e. The van der Waals surface area contributed by atoms with Crippen molar-refractivity contribution in [3.63, 3.8) is 0 Å². The predicted octanol–water partition coefficient (Wildman–Crippen LogP) is 2.14.